The number of piperidine rings is 1. The zero-order chi connectivity index (χ0) is 18.8. The predicted molar refractivity (Wildman–Crippen MR) is 103 cm³/mol. The molecule has 1 aliphatic heterocycles. The van der Waals surface area contributed by atoms with Gasteiger partial charge >= 0.3 is 6.09 Å². The van der Waals surface area contributed by atoms with Crippen molar-refractivity contribution in [1.29, 1.82) is 0 Å². The number of ether oxygens (including phenoxy) is 1. The number of amides is 1. The van der Waals surface area contributed by atoms with Crippen molar-refractivity contribution in [2.24, 2.45) is 0 Å². The van der Waals surface area contributed by atoms with E-state index in [2.05, 4.69) is 45.1 Å². The topological polar surface area (TPSA) is 41.6 Å². The number of carbonyl (C=O) groups excluding carboxylic acids is 1. The van der Waals surface area contributed by atoms with Crippen molar-refractivity contribution in [3.8, 4) is 0 Å². The van der Waals surface area contributed by atoms with E-state index in [0.29, 0.717) is 12.1 Å². The van der Waals surface area contributed by atoms with E-state index >= 15 is 0 Å². The van der Waals surface area contributed by atoms with E-state index in [4.69, 9.17) is 4.74 Å². The van der Waals surface area contributed by atoms with Crippen LogP contribution in [-0.2, 0) is 4.74 Å². The average Bonchev–Trinajstić information content (AvgIpc) is 2.49. The van der Waals surface area contributed by atoms with Crippen LogP contribution in [0.2, 0.25) is 0 Å². The summed E-state index contributed by atoms with van der Waals surface area (Å²) >= 11 is 0. The molecule has 1 saturated heterocycles. The molecule has 4 heteroatoms. The molecule has 0 aliphatic carbocycles. The number of hydrogen-bond donors (Lipinski definition) is 1. The third-order valence-electron chi connectivity index (χ3n) is 4.98. The second kappa shape index (κ2) is 7.77. The van der Waals surface area contributed by atoms with E-state index < -0.39 is 5.60 Å². The van der Waals surface area contributed by atoms with Crippen LogP contribution >= 0.6 is 0 Å². The Morgan fingerprint density at radius 2 is 1.68 bits per heavy atom. The molecule has 1 N–H and O–H groups in total. The quantitative estimate of drug-likeness (QED) is 0.865. The van der Waals surface area contributed by atoms with Crippen molar-refractivity contribution in [2.75, 3.05) is 13.1 Å². The second-order valence-electron chi connectivity index (χ2n) is 8.42. The normalized spacial score (nSPS) is 17.5. The van der Waals surface area contributed by atoms with Gasteiger partial charge in [0.2, 0.25) is 0 Å². The van der Waals surface area contributed by atoms with Crippen molar-refractivity contribution in [3.05, 3.63) is 34.4 Å². The monoisotopic (exact) mass is 346 g/mol. The van der Waals surface area contributed by atoms with Crippen molar-refractivity contribution >= 4 is 6.09 Å². The van der Waals surface area contributed by atoms with E-state index in [-0.39, 0.29) is 6.09 Å². The molecule has 1 atom stereocenters. The van der Waals surface area contributed by atoms with Gasteiger partial charge in [0.15, 0.2) is 0 Å². The van der Waals surface area contributed by atoms with Crippen LogP contribution in [0.1, 0.15) is 68.8 Å². The van der Waals surface area contributed by atoms with Crippen LogP contribution in [0.5, 0.6) is 0 Å². The predicted octanol–water partition coefficient (Wildman–Crippen LogP) is 4.66. The lowest BCUT2D eigenvalue weighted by molar-refractivity contribution is 0.0196. The van der Waals surface area contributed by atoms with Gasteiger partial charge in [-0.3, -0.25) is 0 Å². The molecular weight excluding hydrogens is 312 g/mol. The molecule has 0 radical (unpaired) electrons. The van der Waals surface area contributed by atoms with Crippen LogP contribution in [0.4, 0.5) is 4.79 Å². The molecule has 1 aromatic rings. The zero-order valence-corrected chi connectivity index (χ0v) is 16.9. The van der Waals surface area contributed by atoms with Gasteiger partial charge in [0.25, 0.3) is 0 Å². The summed E-state index contributed by atoms with van der Waals surface area (Å²) in [4.78, 5) is 14.0. The maximum absolute atomic E-state index is 12.2. The Balaban J connectivity index is 1.90. The van der Waals surface area contributed by atoms with Gasteiger partial charge in [-0.15, -0.1) is 0 Å². The number of aryl methyl sites for hydroxylation is 3. The Morgan fingerprint density at radius 3 is 2.24 bits per heavy atom. The number of hydrogen-bond acceptors (Lipinski definition) is 3. The Bertz CT molecular complexity index is 611. The summed E-state index contributed by atoms with van der Waals surface area (Å²) < 4.78 is 5.47. The largest absolute Gasteiger partial charge is 0.444 e. The minimum atomic E-state index is -0.429. The van der Waals surface area contributed by atoms with Gasteiger partial charge in [0.1, 0.15) is 5.60 Å². The summed E-state index contributed by atoms with van der Waals surface area (Å²) in [6.45, 7) is 16.0. The minimum absolute atomic E-state index is 0.191. The van der Waals surface area contributed by atoms with E-state index in [1.165, 1.54) is 22.3 Å². The Hall–Kier alpha value is -1.55. The summed E-state index contributed by atoms with van der Waals surface area (Å²) in [7, 11) is 0. The molecule has 1 heterocycles. The highest BCUT2D eigenvalue weighted by molar-refractivity contribution is 5.68. The fourth-order valence-electron chi connectivity index (χ4n) is 3.45. The smallest absolute Gasteiger partial charge is 0.410 e. The fourth-order valence-corrected chi connectivity index (χ4v) is 3.45. The van der Waals surface area contributed by atoms with Crippen LogP contribution in [0.3, 0.4) is 0 Å². The molecule has 1 unspecified atom stereocenters. The second-order valence-corrected chi connectivity index (χ2v) is 8.42. The number of carbonyl (C=O) groups is 1. The molecule has 1 aliphatic rings. The molecule has 0 aromatic heterocycles. The van der Waals surface area contributed by atoms with Gasteiger partial charge in [0, 0.05) is 25.2 Å². The number of likely N-dealkylation sites (tertiary alicyclic amines) is 1. The molecule has 25 heavy (non-hydrogen) atoms. The molecule has 0 bridgehead atoms. The molecule has 0 saturated carbocycles. The van der Waals surface area contributed by atoms with Crippen molar-refractivity contribution in [1.82, 2.24) is 10.2 Å². The van der Waals surface area contributed by atoms with Gasteiger partial charge in [-0.25, -0.2) is 4.79 Å². The van der Waals surface area contributed by atoms with Crippen molar-refractivity contribution in [3.63, 3.8) is 0 Å². The number of rotatable bonds is 3. The van der Waals surface area contributed by atoms with Gasteiger partial charge in [-0.05, 0) is 83.6 Å². The molecule has 1 amide bonds. The summed E-state index contributed by atoms with van der Waals surface area (Å²) in [6, 6.07) is 5.33. The standard InChI is InChI=1S/C21H34N2O2/c1-14-12-16(3)19(13-15(14)2)17(4)22-18-8-10-23(11-9-18)20(24)25-21(5,6)7/h12-13,17-18,22H,8-11H2,1-7H3. The van der Waals surface area contributed by atoms with Gasteiger partial charge < -0.3 is 15.0 Å². The SMILES string of the molecule is Cc1cc(C)c(C(C)NC2CCN(C(=O)OC(C)(C)C)CC2)cc1C. The van der Waals surface area contributed by atoms with Crippen molar-refractivity contribution < 1.29 is 9.53 Å². The third kappa shape index (κ3) is 5.46. The maximum Gasteiger partial charge on any atom is 0.410 e. The van der Waals surface area contributed by atoms with E-state index in [1.807, 2.05) is 25.7 Å². The van der Waals surface area contributed by atoms with Crippen LogP contribution < -0.4 is 5.32 Å². The van der Waals surface area contributed by atoms with E-state index in [1.54, 1.807) is 0 Å². The first kappa shape index (κ1) is 19.8. The summed E-state index contributed by atoms with van der Waals surface area (Å²) in [5.41, 5.74) is 4.97. The molecule has 4 nitrogen and oxygen atoms in total. The highest BCUT2D eigenvalue weighted by Crippen LogP contribution is 2.24. The van der Waals surface area contributed by atoms with Gasteiger partial charge in [-0.1, -0.05) is 12.1 Å². The lowest BCUT2D eigenvalue weighted by atomic mass is 9.95. The highest BCUT2D eigenvalue weighted by atomic mass is 16.6. The first-order valence-electron chi connectivity index (χ1n) is 9.38. The first-order valence-corrected chi connectivity index (χ1v) is 9.38. The number of benzene rings is 1. The Kier molecular flexibility index (Phi) is 6.15. The highest BCUT2D eigenvalue weighted by Gasteiger charge is 2.27. The minimum Gasteiger partial charge on any atom is -0.444 e. The molecule has 2 rings (SSSR count). The first-order chi connectivity index (χ1) is 11.6. The summed E-state index contributed by atoms with van der Waals surface area (Å²) in [6.07, 6.45) is 1.74. The van der Waals surface area contributed by atoms with Crippen LogP contribution in [0, 0.1) is 20.8 Å². The van der Waals surface area contributed by atoms with Gasteiger partial charge in [0.05, 0.1) is 0 Å². The number of nitrogens with zero attached hydrogens (tertiary/aromatic N) is 1. The molecular formula is C21H34N2O2. The average molecular weight is 347 g/mol. The Morgan fingerprint density at radius 1 is 1.12 bits per heavy atom. The lowest BCUT2D eigenvalue weighted by Gasteiger charge is -2.35. The van der Waals surface area contributed by atoms with Crippen LogP contribution in [-0.4, -0.2) is 35.7 Å². The summed E-state index contributed by atoms with van der Waals surface area (Å²) in [5, 5.41) is 3.75. The molecule has 140 valence electrons. The van der Waals surface area contributed by atoms with Crippen LogP contribution in [0.15, 0.2) is 12.1 Å². The fraction of sp³-hybridized carbons (Fsp3) is 0.667. The van der Waals surface area contributed by atoms with Gasteiger partial charge in [-0.2, -0.15) is 0 Å². The summed E-state index contributed by atoms with van der Waals surface area (Å²) in [5.74, 6) is 0. The molecule has 1 aromatic carbocycles. The van der Waals surface area contributed by atoms with E-state index in [9.17, 15) is 4.79 Å². The molecule has 0 spiro atoms. The van der Waals surface area contributed by atoms with Crippen LogP contribution in [0.25, 0.3) is 0 Å². The third-order valence-corrected chi connectivity index (χ3v) is 4.98. The maximum atomic E-state index is 12.2. The molecule has 1 fully saturated rings. The number of nitrogens with one attached hydrogen (secondary N) is 1. The lowest BCUT2D eigenvalue weighted by Crippen LogP contribution is -2.47. The zero-order valence-electron chi connectivity index (χ0n) is 16.9. The van der Waals surface area contributed by atoms with Crippen molar-refractivity contribution in [2.45, 2.75) is 79.0 Å². The van der Waals surface area contributed by atoms with E-state index in [0.717, 1.165) is 25.9 Å². The Labute approximate surface area is 152 Å².